The minimum absolute atomic E-state index is 0. The van der Waals surface area contributed by atoms with Crippen molar-refractivity contribution in [3.63, 3.8) is 0 Å². The van der Waals surface area contributed by atoms with E-state index in [0.29, 0.717) is 0 Å². The second-order valence-electron chi connectivity index (χ2n) is 1.24. The molecule has 2 heteroatoms. The van der Waals surface area contributed by atoms with Crippen LogP contribution in [-0.4, -0.2) is 5.66 Å². The Morgan fingerprint density at radius 1 is 1.40 bits per heavy atom. The maximum absolute atomic E-state index is 2.66. The topological polar surface area (TPSA) is 0 Å². The molecule has 1 unspecified atom stereocenters. The van der Waals surface area contributed by atoms with Crippen LogP contribution in [0.15, 0.2) is 0 Å². The van der Waals surface area contributed by atoms with Crippen LogP contribution in [0.1, 0.15) is 13.8 Å². The zero-order chi connectivity index (χ0) is 3.58. The van der Waals surface area contributed by atoms with Crippen molar-refractivity contribution in [2.75, 3.05) is 0 Å². The maximum atomic E-state index is 2.66. The summed E-state index contributed by atoms with van der Waals surface area (Å²) in [6.07, 6.45) is 0. The molecule has 0 aromatic heterocycles. The third kappa shape index (κ3) is 50.2. The Hall–Kier alpha value is 0.910. The summed E-state index contributed by atoms with van der Waals surface area (Å²) in [5.74, 6) is 0. The van der Waals surface area contributed by atoms with E-state index in [-0.39, 0.29) is 17.0 Å². The maximum Gasteiger partial charge on any atom is -0.0321 e. The molecule has 0 aliphatic rings. The molecule has 5 heavy (non-hydrogen) atoms. The zero-order valence-corrected chi connectivity index (χ0v) is 6.43. The summed E-state index contributed by atoms with van der Waals surface area (Å²) in [7, 11) is 2.66. The highest BCUT2D eigenvalue weighted by Gasteiger charge is 1.68. The van der Waals surface area contributed by atoms with Crippen molar-refractivity contribution in [3.8, 4) is 0 Å². The van der Waals surface area contributed by atoms with Gasteiger partial charge in [0.15, 0.2) is 0 Å². The largest absolute Gasteiger partial charge is 0.135 e. The van der Waals surface area contributed by atoms with E-state index >= 15 is 0 Å². The number of hydrogen-bond acceptors (Lipinski definition) is 0. The summed E-state index contributed by atoms with van der Waals surface area (Å²) >= 11 is 0. The second kappa shape index (κ2) is 4.91. The molecule has 0 heterocycles. The predicted molar refractivity (Wildman–Crippen MR) is 35.2 cm³/mol. The molecule has 0 aromatic carbocycles. The molecule has 0 saturated heterocycles. The Morgan fingerprint density at radius 2 is 1.40 bits per heavy atom. The van der Waals surface area contributed by atoms with Crippen molar-refractivity contribution < 1.29 is 0 Å². The van der Waals surface area contributed by atoms with Gasteiger partial charge in [0, 0.05) is 0 Å². The smallest absolute Gasteiger partial charge is 0.0321 e. The molecular formula is C3H10BrP. The van der Waals surface area contributed by atoms with Crippen LogP contribution in [0.4, 0.5) is 0 Å². The van der Waals surface area contributed by atoms with Gasteiger partial charge in [-0.2, -0.15) is 0 Å². The number of hydrogen-bond donors (Lipinski definition) is 0. The first kappa shape index (κ1) is 9.32. The Balaban J connectivity index is 0. The van der Waals surface area contributed by atoms with Gasteiger partial charge in [-0.1, -0.05) is 13.8 Å². The van der Waals surface area contributed by atoms with E-state index in [1.165, 1.54) is 0 Å². The molecule has 0 aliphatic carbocycles. The van der Waals surface area contributed by atoms with Crippen LogP contribution in [0.25, 0.3) is 0 Å². The summed E-state index contributed by atoms with van der Waals surface area (Å²) in [6.45, 7) is 4.26. The zero-order valence-electron chi connectivity index (χ0n) is 3.56. The summed E-state index contributed by atoms with van der Waals surface area (Å²) in [5, 5.41) is 0. The summed E-state index contributed by atoms with van der Waals surface area (Å²) < 4.78 is 0. The van der Waals surface area contributed by atoms with Crippen molar-refractivity contribution in [1.29, 1.82) is 0 Å². The van der Waals surface area contributed by atoms with E-state index in [9.17, 15) is 0 Å². The molecule has 0 fully saturated rings. The summed E-state index contributed by atoms with van der Waals surface area (Å²) in [6, 6.07) is 0. The van der Waals surface area contributed by atoms with Crippen molar-refractivity contribution in [2.24, 2.45) is 0 Å². The third-order valence-electron chi connectivity index (χ3n) is 0. The molecule has 0 aliphatic heterocycles. The van der Waals surface area contributed by atoms with E-state index in [1.807, 2.05) is 0 Å². The van der Waals surface area contributed by atoms with Gasteiger partial charge in [0.05, 0.1) is 0 Å². The van der Waals surface area contributed by atoms with Crippen molar-refractivity contribution in [2.45, 2.75) is 19.5 Å². The second-order valence-corrected chi connectivity index (χ2v) is 2.58. The number of halogens is 1. The fraction of sp³-hybridized carbons (Fsp3) is 1.00. The van der Waals surface area contributed by atoms with Gasteiger partial charge < -0.3 is 0 Å². The standard InChI is InChI=1S/C3H9P.BrH/c1-3(2)4;/h3H,4H2,1-2H3;1H. The van der Waals surface area contributed by atoms with E-state index < -0.39 is 0 Å². The molecule has 0 amide bonds. The lowest BCUT2D eigenvalue weighted by atomic mass is 10.6. The van der Waals surface area contributed by atoms with Crippen LogP contribution in [0.5, 0.6) is 0 Å². The monoisotopic (exact) mass is 156 g/mol. The van der Waals surface area contributed by atoms with Crippen LogP contribution in [-0.2, 0) is 0 Å². The molecule has 0 aromatic rings. The highest BCUT2D eigenvalue weighted by atomic mass is 79.9. The molecular weight excluding hydrogens is 147 g/mol. The lowest BCUT2D eigenvalue weighted by Gasteiger charge is -1.79. The van der Waals surface area contributed by atoms with E-state index in [0.717, 1.165) is 5.66 Å². The molecule has 0 N–H and O–H groups in total. The molecule has 0 bridgehead atoms. The molecule has 0 rings (SSSR count). The molecule has 0 spiro atoms. The normalized spacial score (nSPS) is 7.20. The highest BCUT2D eigenvalue weighted by Crippen LogP contribution is 1.90. The van der Waals surface area contributed by atoms with Gasteiger partial charge in [-0.05, 0) is 5.66 Å². The molecule has 1 atom stereocenters. The fourth-order valence-corrected chi connectivity index (χ4v) is 0. The first-order chi connectivity index (χ1) is 1.73. The minimum Gasteiger partial charge on any atom is -0.135 e. The fourth-order valence-electron chi connectivity index (χ4n) is 0. The Kier molecular flexibility index (Phi) is 9.15. The van der Waals surface area contributed by atoms with Crippen LogP contribution >= 0.6 is 26.2 Å². The molecule has 0 nitrogen and oxygen atoms in total. The van der Waals surface area contributed by atoms with Crippen LogP contribution in [0.2, 0.25) is 0 Å². The van der Waals surface area contributed by atoms with Gasteiger partial charge in [-0.25, -0.2) is 0 Å². The van der Waals surface area contributed by atoms with Crippen LogP contribution in [0.3, 0.4) is 0 Å². The van der Waals surface area contributed by atoms with Gasteiger partial charge in [-0.15, -0.1) is 26.2 Å². The average molecular weight is 157 g/mol. The predicted octanol–water partition coefficient (Wildman–Crippen LogP) is 1.85. The van der Waals surface area contributed by atoms with Gasteiger partial charge >= 0.3 is 0 Å². The van der Waals surface area contributed by atoms with Gasteiger partial charge in [0.2, 0.25) is 0 Å². The Labute approximate surface area is 46.3 Å². The van der Waals surface area contributed by atoms with Crippen molar-refractivity contribution >= 4 is 26.2 Å². The first-order valence-electron chi connectivity index (χ1n) is 1.49. The average Bonchev–Trinajstić information content (AvgIpc) is 0.811. The van der Waals surface area contributed by atoms with Gasteiger partial charge in [-0.3, -0.25) is 0 Å². The van der Waals surface area contributed by atoms with Gasteiger partial charge in [0.1, 0.15) is 0 Å². The summed E-state index contributed by atoms with van der Waals surface area (Å²) in [4.78, 5) is 0. The molecule has 34 valence electrons. The number of rotatable bonds is 0. The first-order valence-corrected chi connectivity index (χ1v) is 2.15. The van der Waals surface area contributed by atoms with Crippen LogP contribution < -0.4 is 0 Å². The van der Waals surface area contributed by atoms with E-state index in [2.05, 4.69) is 23.1 Å². The quantitative estimate of drug-likeness (QED) is 0.470. The molecule has 0 radical (unpaired) electrons. The van der Waals surface area contributed by atoms with Crippen LogP contribution in [0, 0.1) is 0 Å². The lowest BCUT2D eigenvalue weighted by Crippen LogP contribution is -1.69. The minimum atomic E-state index is 0. The molecule has 0 saturated carbocycles. The third-order valence-corrected chi connectivity index (χ3v) is 0. The Bertz CT molecular complexity index is 11.6. The summed E-state index contributed by atoms with van der Waals surface area (Å²) in [5.41, 5.74) is 0.750. The van der Waals surface area contributed by atoms with Crippen molar-refractivity contribution in [1.82, 2.24) is 0 Å². The Morgan fingerprint density at radius 3 is 1.40 bits per heavy atom. The highest BCUT2D eigenvalue weighted by molar-refractivity contribution is 8.93. The van der Waals surface area contributed by atoms with E-state index in [1.54, 1.807) is 0 Å². The van der Waals surface area contributed by atoms with Crippen molar-refractivity contribution in [3.05, 3.63) is 0 Å². The SMILES string of the molecule is Br.CC(C)P. The lowest BCUT2D eigenvalue weighted by molar-refractivity contribution is 1.12. The van der Waals surface area contributed by atoms with Gasteiger partial charge in [0.25, 0.3) is 0 Å². The van der Waals surface area contributed by atoms with E-state index in [4.69, 9.17) is 0 Å².